The van der Waals surface area contributed by atoms with Crippen molar-refractivity contribution in [3.8, 4) is 5.69 Å². The minimum Gasteiger partial charge on any atom is -0.323 e. The first-order valence-corrected chi connectivity index (χ1v) is 9.17. The minimum absolute atomic E-state index is 0.182. The number of para-hydroxylation sites is 1. The zero-order valence-corrected chi connectivity index (χ0v) is 15.1. The number of carbonyl (C=O) groups is 1. The molecule has 1 N–H and O–H groups in total. The van der Waals surface area contributed by atoms with Gasteiger partial charge in [0.15, 0.2) is 5.82 Å². The van der Waals surface area contributed by atoms with E-state index in [1.54, 1.807) is 34.0 Å². The lowest BCUT2D eigenvalue weighted by atomic mass is 10.2. The van der Waals surface area contributed by atoms with Gasteiger partial charge in [0, 0.05) is 30.6 Å². The van der Waals surface area contributed by atoms with Crippen molar-refractivity contribution in [2.75, 3.05) is 12.4 Å². The highest BCUT2D eigenvalue weighted by Gasteiger charge is 2.13. The number of aromatic nitrogens is 2. The first-order valence-electron chi connectivity index (χ1n) is 8.29. The molecule has 0 spiro atoms. The molecule has 0 bridgehead atoms. The Morgan fingerprint density at radius 2 is 1.88 bits per heavy atom. The molecule has 6 heteroatoms. The van der Waals surface area contributed by atoms with E-state index in [4.69, 9.17) is 0 Å². The van der Waals surface area contributed by atoms with E-state index in [2.05, 4.69) is 27.9 Å². The molecule has 0 unspecified atom stereocenters. The van der Waals surface area contributed by atoms with Crippen LogP contribution in [0.5, 0.6) is 0 Å². The van der Waals surface area contributed by atoms with Gasteiger partial charge < -0.3 is 4.90 Å². The fraction of sp³-hybridized carbons (Fsp3) is 0.100. The van der Waals surface area contributed by atoms with Gasteiger partial charge in [0.1, 0.15) is 0 Å². The molecule has 0 aliphatic rings. The summed E-state index contributed by atoms with van der Waals surface area (Å²) in [5.41, 5.74) is 2.10. The lowest BCUT2D eigenvalue weighted by molar-refractivity contribution is 0.221. The van der Waals surface area contributed by atoms with Crippen molar-refractivity contribution in [1.29, 1.82) is 0 Å². The van der Waals surface area contributed by atoms with E-state index in [1.807, 2.05) is 48.7 Å². The number of thiophene rings is 1. The van der Waals surface area contributed by atoms with Gasteiger partial charge in [-0.05, 0) is 34.5 Å². The molecule has 0 aliphatic carbocycles. The standard InChI is InChI=1S/C20H18N4OS/c1-23(13-15-14-26-18-10-6-5-9-17(15)18)20(25)21-19-11-12-24(22-19)16-7-3-2-4-8-16/h2-12,14H,13H2,1H3,(H,21,22,25). The van der Waals surface area contributed by atoms with Gasteiger partial charge in [0.2, 0.25) is 0 Å². The average Bonchev–Trinajstić information content (AvgIpc) is 3.30. The van der Waals surface area contributed by atoms with Crippen molar-refractivity contribution in [1.82, 2.24) is 14.7 Å². The topological polar surface area (TPSA) is 50.2 Å². The molecule has 4 rings (SSSR count). The van der Waals surface area contributed by atoms with Crippen LogP contribution in [0.15, 0.2) is 72.2 Å². The van der Waals surface area contributed by atoms with Gasteiger partial charge in [-0.15, -0.1) is 16.4 Å². The maximum absolute atomic E-state index is 12.5. The predicted octanol–water partition coefficient (Wildman–Crippen LogP) is 4.75. The van der Waals surface area contributed by atoms with Crippen LogP contribution in [0.1, 0.15) is 5.56 Å². The number of amides is 2. The number of fused-ring (bicyclic) bond motifs is 1. The Morgan fingerprint density at radius 1 is 1.12 bits per heavy atom. The van der Waals surface area contributed by atoms with Gasteiger partial charge in [-0.3, -0.25) is 5.32 Å². The molecular weight excluding hydrogens is 344 g/mol. The second kappa shape index (κ2) is 7.01. The van der Waals surface area contributed by atoms with Crippen LogP contribution in [0.3, 0.4) is 0 Å². The number of benzene rings is 2. The van der Waals surface area contributed by atoms with Crippen molar-refractivity contribution in [2.24, 2.45) is 0 Å². The van der Waals surface area contributed by atoms with Gasteiger partial charge in [-0.1, -0.05) is 36.4 Å². The van der Waals surface area contributed by atoms with E-state index in [9.17, 15) is 4.79 Å². The molecule has 2 aromatic carbocycles. The number of carbonyl (C=O) groups excluding carboxylic acids is 1. The Hall–Kier alpha value is -3.12. The number of nitrogens with zero attached hydrogens (tertiary/aromatic N) is 3. The van der Waals surface area contributed by atoms with Gasteiger partial charge >= 0.3 is 6.03 Å². The summed E-state index contributed by atoms with van der Waals surface area (Å²) in [6.45, 7) is 0.551. The fourth-order valence-electron chi connectivity index (χ4n) is 2.80. The van der Waals surface area contributed by atoms with E-state index in [0.29, 0.717) is 12.4 Å². The largest absolute Gasteiger partial charge is 0.323 e. The van der Waals surface area contributed by atoms with E-state index in [0.717, 1.165) is 11.3 Å². The smallest absolute Gasteiger partial charge is 0.323 e. The van der Waals surface area contributed by atoms with Gasteiger partial charge in [-0.25, -0.2) is 9.48 Å². The molecule has 5 nitrogen and oxygen atoms in total. The lowest BCUT2D eigenvalue weighted by Crippen LogP contribution is -2.30. The summed E-state index contributed by atoms with van der Waals surface area (Å²) >= 11 is 1.70. The maximum Gasteiger partial charge on any atom is 0.323 e. The Bertz CT molecular complexity index is 1040. The SMILES string of the molecule is CN(Cc1csc2ccccc12)C(=O)Nc1ccn(-c2ccccc2)n1. The molecule has 0 saturated carbocycles. The molecule has 2 heterocycles. The van der Waals surface area contributed by atoms with E-state index >= 15 is 0 Å². The summed E-state index contributed by atoms with van der Waals surface area (Å²) in [4.78, 5) is 14.2. The van der Waals surface area contributed by atoms with Crippen LogP contribution in [-0.4, -0.2) is 27.8 Å². The molecule has 0 saturated heterocycles. The monoisotopic (exact) mass is 362 g/mol. The predicted molar refractivity (Wildman–Crippen MR) is 106 cm³/mol. The van der Waals surface area contributed by atoms with Gasteiger partial charge in [-0.2, -0.15) is 0 Å². The summed E-state index contributed by atoms with van der Waals surface area (Å²) in [6.07, 6.45) is 1.83. The number of nitrogens with one attached hydrogen (secondary N) is 1. The van der Waals surface area contributed by atoms with Gasteiger partial charge in [0.25, 0.3) is 0 Å². The molecule has 2 amide bonds. The number of rotatable bonds is 4. The zero-order chi connectivity index (χ0) is 17.9. The highest BCUT2D eigenvalue weighted by atomic mass is 32.1. The minimum atomic E-state index is -0.182. The summed E-state index contributed by atoms with van der Waals surface area (Å²) < 4.78 is 2.97. The molecule has 130 valence electrons. The molecule has 0 fully saturated rings. The molecule has 4 aromatic rings. The maximum atomic E-state index is 12.5. The summed E-state index contributed by atoms with van der Waals surface area (Å²) in [7, 11) is 1.79. The quantitative estimate of drug-likeness (QED) is 0.569. The first kappa shape index (κ1) is 16.4. The van der Waals surface area contributed by atoms with Crippen LogP contribution in [0, 0.1) is 0 Å². The van der Waals surface area contributed by atoms with Crippen molar-refractivity contribution in [3.05, 3.63) is 77.8 Å². The second-order valence-electron chi connectivity index (χ2n) is 6.02. The van der Waals surface area contributed by atoms with Crippen molar-refractivity contribution in [3.63, 3.8) is 0 Å². The van der Waals surface area contributed by atoms with Crippen LogP contribution in [-0.2, 0) is 6.54 Å². The van der Waals surface area contributed by atoms with E-state index < -0.39 is 0 Å². The van der Waals surface area contributed by atoms with Crippen LogP contribution in [0.25, 0.3) is 15.8 Å². The Kier molecular flexibility index (Phi) is 4.41. The van der Waals surface area contributed by atoms with E-state index in [-0.39, 0.29) is 6.03 Å². The molecule has 0 aliphatic heterocycles. The lowest BCUT2D eigenvalue weighted by Gasteiger charge is -2.16. The van der Waals surface area contributed by atoms with Crippen LogP contribution < -0.4 is 5.32 Å². The summed E-state index contributed by atoms with van der Waals surface area (Å²) in [6, 6.07) is 19.6. The molecule has 26 heavy (non-hydrogen) atoms. The third kappa shape index (κ3) is 3.32. The van der Waals surface area contributed by atoms with Crippen molar-refractivity contribution >= 4 is 33.3 Å². The van der Waals surface area contributed by atoms with Crippen molar-refractivity contribution < 1.29 is 4.79 Å². The summed E-state index contributed by atoms with van der Waals surface area (Å²) in [5, 5.41) is 10.6. The molecule has 0 radical (unpaired) electrons. The molecular formula is C20H18N4OS. The number of urea groups is 1. The first-order chi connectivity index (χ1) is 12.7. The Balaban J connectivity index is 1.44. The van der Waals surface area contributed by atoms with Crippen LogP contribution >= 0.6 is 11.3 Å². The highest BCUT2D eigenvalue weighted by molar-refractivity contribution is 7.17. The average molecular weight is 362 g/mol. The van der Waals surface area contributed by atoms with E-state index in [1.165, 1.54) is 10.1 Å². The highest BCUT2D eigenvalue weighted by Crippen LogP contribution is 2.26. The number of hydrogen-bond acceptors (Lipinski definition) is 3. The fourth-order valence-corrected chi connectivity index (χ4v) is 3.76. The van der Waals surface area contributed by atoms with Crippen LogP contribution in [0.4, 0.5) is 10.6 Å². The Morgan fingerprint density at radius 3 is 2.73 bits per heavy atom. The normalized spacial score (nSPS) is 10.8. The summed E-state index contributed by atoms with van der Waals surface area (Å²) in [5.74, 6) is 0.529. The number of hydrogen-bond donors (Lipinski definition) is 1. The molecule has 0 atom stereocenters. The third-order valence-electron chi connectivity index (χ3n) is 4.16. The molecule has 2 aromatic heterocycles. The third-order valence-corrected chi connectivity index (χ3v) is 5.17. The number of anilines is 1. The second-order valence-corrected chi connectivity index (χ2v) is 6.94. The van der Waals surface area contributed by atoms with Crippen LogP contribution in [0.2, 0.25) is 0 Å². The zero-order valence-electron chi connectivity index (χ0n) is 14.3. The Labute approximate surface area is 155 Å². The van der Waals surface area contributed by atoms with Crippen molar-refractivity contribution in [2.45, 2.75) is 6.54 Å². The van der Waals surface area contributed by atoms with Gasteiger partial charge in [0.05, 0.1) is 5.69 Å².